The largest absolute Gasteiger partial charge is 0.385 e. The fourth-order valence-electron chi connectivity index (χ4n) is 2.43. The monoisotopic (exact) mass is 238 g/mol. The molecule has 1 aliphatic heterocycles. The Hall–Kier alpha value is -1.56. The number of nitrogens with zero attached hydrogens (tertiary/aromatic N) is 2. The van der Waals surface area contributed by atoms with E-state index in [1.54, 1.807) is 0 Å². The molecule has 1 saturated heterocycles. The molecule has 0 saturated carbocycles. The number of H-pyrrole nitrogens is 1. The first-order valence-electron chi connectivity index (χ1n) is 5.95. The van der Waals surface area contributed by atoms with Crippen molar-refractivity contribution in [2.45, 2.75) is 25.8 Å². The van der Waals surface area contributed by atoms with Gasteiger partial charge in [-0.1, -0.05) is 6.92 Å². The molecule has 2 rings (SSSR count). The molecule has 0 aliphatic carbocycles. The molecule has 0 radical (unpaired) electrons. The zero-order chi connectivity index (χ0) is 12.4. The molecular formula is C11H18N4O2. The highest BCUT2D eigenvalue weighted by molar-refractivity contribution is 5.27. The van der Waals surface area contributed by atoms with Crippen molar-refractivity contribution in [2.24, 2.45) is 0 Å². The summed E-state index contributed by atoms with van der Waals surface area (Å²) in [5.41, 5.74) is 4.92. The molecule has 6 nitrogen and oxygen atoms in total. The molecule has 1 aromatic rings. The summed E-state index contributed by atoms with van der Waals surface area (Å²) in [5.74, 6) is 0.252. The van der Waals surface area contributed by atoms with E-state index in [4.69, 9.17) is 5.73 Å². The average molecular weight is 238 g/mol. The van der Waals surface area contributed by atoms with Crippen molar-refractivity contribution in [3.8, 4) is 0 Å². The number of likely N-dealkylation sites (N-methyl/N-ethyl adjacent to an activating group) is 1. The van der Waals surface area contributed by atoms with Gasteiger partial charge in [-0.3, -0.25) is 14.3 Å². The van der Waals surface area contributed by atoms with Crippen LogP contribution in [0.3, 0.4) is 0 Å². The van der Waals surface area contributed by atoms with Crippen molar-refractivity contribution >= 4 is 5.82 Å². The van der Waals surface area contributed by atoms with E-state index in [9.17, 15) is 9.59 Å². The Balaban J connectivity index is 2.34. The summed E-state index contributed by atoms with van der Waals surface area (Å²) >= 11 is 0. The number of hydrogen-bond acceptors (Lipinski definition) is 4. The minimum absolute atomic E-state index is 0.0630. The zero-order valence-electron chi connectivity index (χ0n) is 9.98. The van der Waals surface area contributed by atoms with Crippen LogP contribution in [0.1, 0.15) is 25.8 Å². The fourth-order valence-corrected chi connectivity index (χ4v) is 2.43. The smallest absolute Gasteiger partial charge is 0.330 e. The molecule has 0 aromatic carbocycles. The first-order chi connectivity index (χ1) is 8.11. The first kappa shape index (κ1) is 11.9. The van der Waals surface area contributed by atoms with E-state index in [1.165, 1.54) is 10.6 Å². The Bertz CT molecular complexity index is 505. The molecule has 1 atom stereocenters. The van der Waals surface area contributed by atoms with Crippen LogP contribution in [0, 0.1) is 0 Å². The molecule has 1 aromatic heterocycles. The summed E-state index contributed by atoms with van der Waals surface area (Å²) in [7, 11) is 0. The van der Waals surface area contributed by atoms with Crippen molar-refractivity contribution in [2.75, 3.05) is 25.4 Å². The number of hydrogen-bond donors (Lipinski definition) is 2. The number of nitrogens with one attached hydrogen (secondary N) is 1. The number of nitrogen functional groups attached to an aromatic ring is 1. The van der Waals surface area contributed by atoms with Gasteiger partial charge < -0.3 is 10.6 Å². The summed E-state index contributed by atoms with van der Waals surface area (Å²) in [4.78, 5) is 27.4. The van der Waals surface area contributed by atoms with Gasteiger partial charge in [-0.25, -0.2) is 4.79 Å². The molecule has 0 bridgehead atoms. The van der Waals surface area contributed by atoms with E-state index in [2.05, 4.69) is 16.8 Å². The zero-order valence-corrected chi connectivity index (χ0v) is 9.98. The van der Waals surface area contributed by atoms with Crippen molar-refractivity contribution in [1.29, 1.82) is 0 Å². The van der Waals surface area contributed by atoms with Crippen LogP contribution in [0.2, 0.25) is 0 Å². The minimum Gasteiger partial charge on any atom is -0.385 e. The molecule has 1 fully saturated rings. The summed E-state index contributed by atoms with van der Waals surface area (Å²) in [6, 6.07) is 1.33. The normalized spacial score (nSPS) is 21.6. The van der Waals surface area contributed by atoms with Gasteiger partial charge >= 0.3 is 5.69 Å². The minimum atomic E-state index is -0.438. The van der Waals surface area contributed by atoms with Crippen molar-refractivity contribution < 1.29 is 0 Å². The lowest BCUT2D eigenvalue weighted by Crippen LogP contribution is -2.42. The Morgan fingerprint density at radius 3 is 2.94 bits per heavy atom. The maximum absolute atomic E-state index is 11.8. The number of anilines is 1. The van der Waals surface area contributed by atoms with Crippen LogP contribution in [0.15, 0.2) is 15.7 Å². The molecule has 0 spiro atoms. The Labute approximate surface area is 99.1 Å². The maximum Gasteiger partial charge on any atom is 0.330 e. The van der Waals surface area contributed by atoms with Crippen LogP contribution in [-0.4, -0.2) is 34.1 Å². The van der Waals surface area contributed by atoms with E-state index in [0.717, 1.165) is 32.5 Å². The van der Waals surface area contributed by atoms with Gasteiger partial charge in [0.05, 0.1) is 6.04 Å². The van der Waals surface area contributed by atoms with Crippen LogP contribution in [-0.2, 0) is 0 Å². The Morgan fingerprint density at radius 1 is 1.53 bits per heavy atom. The standard InChI is InChI=1S/C11H18N4O2/c1-2-14-5-3-4-8(7-14)15-9(12)6-10(16)13-11(15)17/h6,8H,2-5,7,12H2,1H3,(H,13,16,17). The average Bonchev–Trinajstić information content (AvgIpc) is 2.28. The van der Waals surface area contributed by atoms with Crippen LogP contribution < -0.4 is 17.0 Å². The van der Waals surface area contributed by atoms with Gasteiger partial charge in [0.15, 0.2) is 0 Å². The molecule has 94 valence electrons. The second-order valence-corrected chi connectivity index (χ2v) is 4.42. The summed E-state index contributed by atoms with van der Waals surface area (Å²) < 4.78 is 1.50. The third kappa shape index (κ3) is 2.41. The molecular weight excluding hydrogens is 220 g/mol. The number of rotatable bonds is 2. The quantitative estimate of drug-likeness (QED) is 0.745. The third-order valence-electron chi connectivity index (χ3n) is 3.30. The maximum atomic E-state index is 11.8. The highest BCUT2D eigenvalue weighted by Crippen LogP contribution is 2.21. The Morgan fingerprint density at radius 2 is 2.29 bits per heavy atom. The van der Waals surface area contributed by atoms with Gasteiger partial charge in [-0.15, -0.1) is 0 Å². The Kier molecular flexibility index (Phi) is 3.33. The van der Waals surface area contributed by atoms with Gasteiger partial charge in [-0.2, -0.15) is 0 Å². The lowest BCUT2D eigenvalue weighted by Gasteiger charge is -2.33. The second kappa shape index (κ2) is 4.75. The molecule has 17 heavy (non-hydrogen) atoms. The number of likely N-dealkylation sites (tertiary alicyclic amines) is 1. The summed E-state index contributed by atoms with van der Waals surface area (Å²) in [6.45, 7) is 4.94. The lowest BCUT2D eigenvalue weighted by molar-refractivity contribution is 0.183. The van der Waals surface area contributed by atoms with Crippen LogP contribution in [0.5, 0.6) is 0 Å². The molecule has 1 unspecified atom stereocenters. The number of aromatic amines is 1. The molecule has 0 amide bonds. The molecule has 2 heterocycles. The number of aromatic nitrogens is 2. The summed E-state index contributed by atoms with van der Waals surface area (Å²) in [5, 5.41) is 0. The van der Waals surface area contributed by atoms with Gasteiger partial charge in [0.2, 0.25) is 0 Å². The second-order valence-electron chi connectivity index (χ2n) is 4.42. The highest BCUT2D eigenvalue weighted by Gasteiger charge is 2.22. The van der Waals surface area contributed by atoms with Crippen molar-refractivity contribution in [3.63, 3.8) is 0 Å². The van der Waals surface area contributed by atoms with Gasteiger partial charge in [0.25, 0.3) is 5.56 Å². The fraction of sp³-hybridized carbons (Fsp3) is 0.636. The number of nitrogens with two attached hydrogens (primary N) is 1. The van der Waals surface area contributed by atoms with Crippen LogP contribution in [0.25, 0.3) is 0 Å². The van der Waals surface area contributed by atoms with Gasteiger partial charge in [-0.05, 0) is 25.9 Å². The van der Waals surface area contributed by atoms with Crippen molar-refractivity contribution in [3.05, 3.63) is 26.9 Å². The number of piperidine rings is 1. The van der Waals surface area contributed by atoms with Gasteiger partial charge in [0.1, 0.15) is 5.82 Å². The van der Waals surface area contributed by atoms with E-state index in [1.807, 2.05) is 0 Å². The van der Waals surface area contributed by atoms with E-state index in [0.29, 0.717) is 0 Å². The summed E-state index contributed by atoms with van der Waals surface area (Å²) in [6.07, 6.45) is 1.97. The van der Waals surface area contributed by atoms with Crippen molar-refractivity contribution in [1.82, 2.24) is 14.5 Å². The predicted octanol–water partition coefficient (Wildman–Crippen LogP) is -0.224. The molecule has 6 heteroatoms. The van der Waals surface area contributed by atoms with Gasteiger partial charge in [0, 0.05) is 12.6 Å². The molecule has 1 aliphatic rings. The van der Waals surface area contributed by atoms with Crippen LogP contribution >= 0.6 is 0 Å². The predicted molar refractivity (Wildman–Crippen MR) is 66.1 cm³/mol. The first-order valence-corrected chi connectivity index (χ1v) is 5.95. The van der Waals surface area contributed by atoms with Crippen LogP contribution in [0.4, 0.5) is 5.82 Å². The highest BCUT2D eigenvalue weighted by atomic mass is 16.2. The lowest BCUT2D eigenvalue weighted by atomic mass is 10.1. The topological polar surface area (TPSA) is 84.1 Å². The third-order valence-corrected chi connectivity index (χ3v) is 3.30. The van der Waals surface area contributed by atoms with E-state index in [-0.39, 0.29) is 11.9 Å². The van der Waals surface area contributed by atoms with E-state index < -0.39 is 11.2 Å². The van der Waals surface area contributed by atoms with E-state index >= 15 is 0 Å². The molecule has 3 N–H and O–H groups in total. The SMILES string of the molecule is CCN1CCCC(n2c(N)cc(=O)[nH]c2=O)C1.